The average molecular weight is 384 g/mol. The smallest absolute Gasteiger partial charge is 0.234 e. The van der Waals surface area contributed by atoms with Crippen LogP contribution in [0.2, 0.25) is 0 Å². The van der Waals surface area contributed by atoms with Crippen molar-refractivity contribution < 1.29 is 4.79 Å². The molecule has 1 aromatic carbocycles. The standard InChI is InChI=1S/C20H25N5OS/c1-12(2)14-7-6-8-15(13(3)4)18(14)24-17(26)10-27-20-16-9-23-25(5)19(16)21-11-22-20/h6-9,11-13H,10H2,1-5H3,(H,24,26). The van der Waals surface area contributed by atoms with Crippen LogP contribution in [0.4, 0.5) is 5.69 Å². The molecule has 0 atom stereocenters. The number of aromatic nitrogens is 4. The molecule has 142 valence electrons. The Balaban J connectivity index is 1.78. The van der Waals surface area contributed by atoms with Gasteiger partial charge in [-0.15, -0.1) is 0 Å². The van der Waals surface area contributed by atoms with Gasteiger partial charge < -0.3 is 5.32 Å². The zero-order valence-electron chi connectivity index (χ0n) is 16.4. The third kappa shape index (κ3) is 4.13. The number of benzene rings is 1. The molecule has 0 bridgehead atoms. The van der Waals surface area contributed by atoms with Gasteiger partial charge in [0, 0.05) is 12.7 Å². The van der Waals surface area contributed by atoms with E-state index in [1.165, 1.54) is 18.1 Å². The Hall–Kier alpha value is -2.41. The normalized spacial score (nSPS) is 11.5. The van der Waals surface area contributed by atoms with Crippen molar-refractivity contribution in [2.24, 2.45) is 7.05 Å². The maximum Gasteiger partial charge on any atom is 0.234 e. The molecule has 0 aliphatic carbocycles. The third-order valence-electron chi connectivity index (χ3n) is 4.47. The molecule has 6 nitrogen and oxygen atoms in total. The van der Waals surface area contributed by atoms with Gasteiger partial charge in [0.25, 0.3) is 0 Å². The number of para-hydroxylation sites is 1. The second-order valence-electron chi connectivity index (χ2n) is 7.14. The summed E-state index contributed by atoms with van der Waals surface area (Å²) in [4.78, 5) is 21.2. The lowest BCUT2D eigenvalue weighted by atomic mass is 9.92. The Morgan fingerprint density at radius 2 is 1.81 bits per heavy atom. The molecule has 0 spiro atoms. The summed E-state index contributed by atoms with van der Waals surface area (Å²) in [5.41, 5.74) is 4.04. The lowest BCUT2D eigenvalue weighted by Gasteiger charge is -2.20. The van der Waals surface area contributed by atoms with E-state index in [9.17, 15) is 4.79 Å². The molecule has 0 aliphatic heterocycles. The van der Waals surface area contributed by atoms with Gasteiger partial charge in [0.05, 0.1) is 17.3 Å². The predicted molar refractivity (Wildman–Crippen MR) is 110 cm³/mol. The number of rotatable bonds is 6. The second kappa shape index (κ2) is 8.08. The molecule has 0 fully saturated rings. The summed E-state index contributed by atoms with van der Waals surface area (Å²) >= 11 is 1.40. The number of thioether (sulfide) groups is 1. The number of fused-ring (bicyclic) bond motifs is 1. The molecular weight excluding hydrogens is 358 g/mol. The fourth-order valence-corrected chi connectivity index (χ4v) is 3.82. The van der Waals surface area contributed by atoms with Crippen LogP contribution < -0.4 is 5.32 Å². The summed E-state index contributed by atoms with van der Waals surface area (Å²) in [7, 11) is 1.84. The molecule has 3 rings (SSSR count). The predicted octanol–water partition coefficient (Wildman–Crippen LogP) is 4.34. The van der Waals surface area contributed by atoms with E-state index >= 15 is 0 Å². The third-order valence-corrected chi connectivity index (χ3v) is 5.48. The second-order valence-corrected chi connectivity index (χ2v) is 8.11. The van der Waals surface area contributed by atoms with Crippen molar-refractivity contribution in [2.45, 2.75) is 44.6 Å². The molecule has 0 aliphatic rings. The largest absolute Gasteiger partial charge is 0.325 e. The molecule has 7 heteroatoms. The number of nitrogens with one attached hydrogen (secondary N) is 1. The van der Waals surface area contributed by atoms with Gasteiger partial charge in [-0.2, -0.15) is 5.10 Å². The number of aryl methyl sites for hydroxylation is 1. The minimum Gasteiger partial charge on any atom is -0.325 e. The summed E-state index contributed by atoms with van der Waals surface area (Å²) in [6.07, 6.45) is 3.25. The zero-order valence-corrected chi connectivity index (χ0v) is 17.2. The minimum atomic E-state index is -0.0364. The first-order valence-electron chi connectivity index (χ1n) is 9.06. The van der Waals surface area contributed by atoms with Crippen molar-refractivity contribution in [1.82, 2.24) is 19.7 Å². The number of hydrogen-bond acceptors (Lipinski definition) is 5. The van der Waals surface area contributed by atoms with Crippen LogP contribution in [0, 0.1) is 0 Å². The van der Waals surface area contributed by atoms with Crippen LogP contribution in [0.15, 0.2) is 35.7 Å². The van der Waals surface area contributed by atoms with Crippen molar-refractivity contribution >= 4 is 34.4 Å². The number of amides is 1. The van der Waals surface area contributed by atoms with Gasteiger partial charge in [-0.05, 0) is 23.0 Å². The van der Waals surface area contributed by atoms with Crippen LogP contribution in [-0.2, 0) is 11.8 Å². The lowest BCUT2D eigenvalue weighted by Crippen LogP contribution is -2.17. The molecule has 1 amide bonds. The highest BCUT2D eigenvalue weighted by Gasteiger charge is 2.17. The van der Waals surface area contributed by atoms with Crippen LogP contribution in [-0.4, -0.2) is 31.4 Å². The molecule has 2 aromatic heterocycles. The van der Waals surface area contributed by atoms with E-state index in [1.807, 2.05) is 7.05 Å². The maximum atomic E-state index is 12.7. The monoisotopic (exact) mass is 383 g/mol. The first kappa shape index (κ1) is 19.4. The quantitative estimate of drug-likeness (QED) is 0.506. The topological polar surface area (TPSA) is 72.7 Å². The average Bonchev–Trinajstić information content (AvgIpc) is 3.01. The van der Waals surface area contributed by atoms with E-state index in [1.54, 1.807) is 10.9 Å². The molecule has 3 aromatic rings. The van der Waals surface area contributed by atoms with Gasteiger partial charge in [0.15, 0.2) is 5.65 Å². The summed E-state index contributed by atoms with van der Waals surface area (Å²) in [6.45, 7) is 8.57. The number of nitrogens with zero attached hydrogens (tertiary/aromatic N) is 4. The molecule has 2 heterocycles. The molecule has 0 saturated carbocycles. The molecule has 0 radical (unpaired) electrons. The minimum absolute atomic E-state index is 0.0364. The molecule has 0 unspecified atom stereocenters. The summed E-state index contributed by atoms with van der Waals surface area (Å²) in [5.74, 6) is 0.919. The molecular formula is C20H25N5OS. The highest BCUT2D eigenvalue weighted by molar-refractivity contribution is 8.00. The first-order chi connectivity index (χ1) is 12.9. The van der Waals surface area contributed by atoms with Crippen LogP contribution in [0.1, 0.15) is 50.7 Å². The van der Waals surface area contributed by atoms with Crippen LogP contribution in [0.3, 0.4) is 0 Å². The molecule has 1 N–H and O–H groups in total. The fraction of sp³-hybridized carbons (Fsp3) is 0.400. The van der Waals surface area contributed by atoms with Crippen molar-refractivity contribution in [3.63, 3.8) is 0 Å². The maximum absolute atomic E-state index is 12.7. The Morgan fingerprint density at radius 3 is 2.44 bits per heavy atom. The SMILES string of the molecule is CC(C)c1cccc(C(C)C)c1NC(=O)CSc1ncnc2c1cnn2C. The first-order valence-corrected chi connectivity index (χ1v) is 10.0. The van der Waals surface area contributed by atoms with E-state index in [4.69, 9.17) is 0 Å². The van der Waals surface area contributed by atoms with E-state index < -0.39 is 0 Å². The van der Waals surface area contributed by atoms with E-state index in [-0.39, 0.29) is 11.7 Å². The van der Waals surface area contributed by atoms with Gasteiger partial charge in [0.1, 0.15) is 11.4 Å². The van der Waals surface area contributed by atoms with Crippen molar-refractivity contribution in [2.75, 3.05) is 11.1 Å². The zero-order chi connectivity index (χ0) is 19.6. The lowest BCUT2D eigenvalue weighted by molar-refractivity contribution is -0.113. The summed E-state index contributed by atoms with van der Waals surface area (Å²) < 4.78 is 1.70. The van der Waals surface area contributed by atoms with Crippen LogP contribution >= 0.6 is 11.8 Å². The Morgan fingerprint density at radius 1 is 1.15 bits per heavy atom. The van der Waals surface area contributed by atoms with Crippen molar-refractivity contribution in [3.05, 3.63) is 41.9 Å². The van der Waals surface area contributed by atoms with Gasteiger partial charge in [0.2, 0.25) is 5.91 Å². The van der Waals surface area contributed by atoms with Gasteiger partial charge in [-0.3, -0.25) is 9.48 Å². The number of carbonyl (C=O) groups is 1. The Kier molecular flexibility index (Phi) is 5.79. The van der Waals surface area contributed by atoms with Gasteiger partial charge >= 0.3 is 0 Å². The van der Waals surface area contributed by atoms with E-state index in [2.05, 4.69) is 66.3 Å². The number of anilines is 1. The highest BCUT2D eigenvalue weighted by Crippen LogP contribution is 2.32. The number of hydrogen-bond donors (Lipinski definition) is 1. The molecule has 27 heavy (non-hydrogen) atoms. The van der Waals surface area contributed by atoms with Crippen molar-refractivity contribution in [1.29, 1.82) is 0 Å². The van der Waals surface area contributed by atoms with Gasteiger partial charge in [-0.25, -0.2) is 9.97 Å². The van der Waals surface area contributed by atoms with Crippen molar-refractivity contribution in [3.8, 4) is 0 Å². The summed E-state index contributed by atoms with van der Waals surface area (Å²) in [6, 6.07) is 6.24. The fourth-order valence-electron chi connectivity index (χ4n) is 3.06. The Bertz CT molecular complexity index is 938. The van der Waals surface area contributed by atoms with Crippen LogP contribution in [0.5, 0.6) is 0 Å². The molecule has 0 saturated heterocycles. The van der Waals surface area contributed by atoms with E-state index in [0.29, 0.717) is 11.8 Å². The Labute approximate surface area is 163 Å². The van der Waals surface area contributed by atoms with Crippen LogP contribution in [0.25, 0.3) is 11.0 Å². The summed E-state index contributed by atoms with van der Waals surface area (Å²) in [5, 5.41) is 8.99. The number of carbonyl (C=O) groups excluding carboxylic acids is 1. The van der Waals surface area contributed by atoms with Gasteiger partial charge in [-0.1, -0.05) is 57.7 Å². The van der Waals surface area contributed by atoms with E-state index in [0.717, 1.165) is 32.9 Å². The highest BCUT2D eigenvalue weighted by atomic mass is 32.2.